The van der Waals surface area contributed by atoms with Crippen LogP contribution in [0.4, 0.5) is 4.79 Å². The molecule has 1 fully saturated rings. The van der Waals surface area contributed by atoms with E-state index in [4.69, 9.17) is 21.3 Å². The molecular weight excluding hydrogens is 506 g/mol. The number of hydrogen-bond donors (Lipinski definition) is 2. The van der Waals surface area contributed by atoms with Crippen molar-refractivity contribution in [1.29, 1.82) is 5.26 Å². The third-order valence-corrected chi connectivity index (χ3v) is 6.60. The number of hydrogen-bond acceptors (Lipinski definition) is 6. The van der Waals surface area contributed by atoms with Crippen molar-refractivity contribution in [3.63, 3.8) is 0 Å². The van der Waals surface area contributed by atoms with Crippen LogP contribution in [0.15, 0.2) is 59.7 Å². The van der Waals surface area contributed by atoms with Crippen LogP contribution in [0.1, 0.15) is 48.3 Å². The number of ether oxygens (including phenoxy) is 1. The molecule has 0 saturated carbocycles. The number of nitrogens with one attached hydrogen (secondary N) is 2. The Labute approximate surface area is 224 Å². The van der Waals surface area contributed by atoms with Gasteiger partial charge in [0.15, 0.2) is 0 Å². The molecule has 1 aromatic heterocycles. The standard InChI is InChI=1S/C27H26ClN7O3/c1-16(2)38-22-13-17(14-29)3-8-20(22)26-32-24(18-4-6-19(28)7-5-18)25(21-9-10-31-33-21)35(26)27(37)34-12-11-30-23(36)15-34/h3-10,13,16,24-25H,11-12,15H2,1-2H3,(H,30,36)(H,31,33). The monoisotopic (exact) mass is 531 g/mol. The predicted octanol–water partition coefficient (Wildman–Crippen LogP) is 3.82. The van der Waals surface area contributed by atoms with Gasteiger partial charge in [0.05, 0.1) is 29.0 Å². The quantitative estimate of drug-likeness (QED) is 0.517. The highest BCUT2D eigenvalue weighted by Crippen LogP contribution is 2.44. The maximum Gasteiger partial charge on any atom is 0.326 e. The first-order valence-electron chi connectivity index (χ1n) is 12.2. The van der Waals surface area contributed by atoms with E-state index in [2.05, 4.69) is 21.6 Å². The van der Waals surface area contributed by atoms with Gasteiger partial charge in [-0.25, -0.2) is 4.79 Å². The number of carbonyl (C=O) groups is 2. The van der Waals surface area contributed by atoms with Crippen LogP contribution in [0.5, 0.6) is 5.75 Å². The Kier molecular flexibility index (Phi) is 7.03. The second-order valence-corrected chi connectivity index (χ2v) is 9.76. The number of aliphatic imine (C=N–C) groups is 1. The normalized spacial score (nSPS) is 19.2. The van der Waals surface area contributed by atoms with Crippen molar-refractivity contribution in [1.82, 2.24) is 25.3 Å². The fourth-order valence-corrected chi connectivity index (χ4v) is 4.81. The van der Waals surface area contributed by atoms with Crippen molar-refractivity contribution >= 4 is 29.4 Å². The van der Waals surface area contributed by atoms with Crippen molar-refractivity contribution < 1.29 is 14.3 Å². The topological polar surface area (TPSA) is 127 Å². The first kappa shape index (κ1) is 25.3. The zero-order valence-corrected chi connectivity index (χ0v) is 21.6. The summed E-state index contributed by atoms with van der Waals surface area (Å²) in [6.45, 7) is 4.43. The highest BCUT2D eigenvalue weighted by molar-refractivity contribution is 6.30. The van der Waals surface area contributed by atoms with Gasteiger partial charge in [0.2, 0.25) is 5.91 Å². The largest absolute Gasteiger partial charge is 0.490 e. The van der Waals surface area contributed by atoms with E-state index in [1.54, 1.807) is 47.5 Å². The number of nitrogens with zero attached hydrogens (tertiary/aromatic N) is 5. The molecule has 3 heterocycles. The third-order valence-electron chi connectivity index (χ3n) is 6.35. The fraction of sp³-hybridized carbons (Fsp3) is 0.296. The van der Waals surface area contributed by atoms with E-state index in [1.165, 1.54) is 4.90 Å². The number of aromatic nitrogens is 2. The zero-order chi connectivity index (χ0) is 26.8. The lowest BCUT2D eigenvalue weighted by Crippen LogP contribution is -2.55. The zero-order valence-electron chi connectivity index (χ0n) is 20.9. The van der Waals surface area contributed by atoms with Crippen LogP contribution in [0, 0.1) is 11.3 Å². The molecule has 2 aliphatic rings. The van der Waals surface area contributed by atoms with Crippen LogP contribution in [0.3, 0.4) is 0 Å². The molecule has 0 spiro atoms. The van der Waals surface area contributed by atoms with E-state index >= 15 is 0 Å². The summed E-state index contributed by atoms with van der Waals surface area (Å²) in [5.41, 5.74) is 2.51. The molecule has 3 aromatic rings. The SMILES string of the molecule is CC(C)Oc1cc(C#N)ccc1C1=NC(c2ccc(Cl)cc2)C(c2ccn[nH]2)N1C(=O)N1CCNC(=O)C1. The van der Waals surface area contributed by atoms with Gasteiger partial charge in [-0.15, -0.1) is 0 Å². The van der Waals surface area contributed by atoms with Crippen LogP contribution in [0.25, 0.3) is 0 Å². The molecule has 0 bridgehead atoms. The van der Waals surface area contributed by atoms with Gasteiger partial charge < -0.3 is 15.0 Å². The number of amides is 3. The molecule has 5 rings (SSSR count). The molecule has 0 aliphatic carbocycles. The molecule has 194 valence electrons. The summed E-state index contributed by atoms with van der Waals surface area (Å²) >= 11 is 6.17. The Balaban J connectivity index is 1.69. The lowest BCUT2D eigenvalue weighted by Gasteiger charge is -2.35. The smallest absolute Gasteiger partial charge is 0.326 e. The molecule has 11 heteroatoms. The maximum atomic E-state index is 14.2. The minimum atomic E-state index is -0.589. The highest BCUT2D eigenvalue weighted by Gasteiger charge is 2.45. The number of rotatable bonds is 5. The van der Waals surface area contributed by atoms with Crippen LogP contribution >= 0.6 is 11.6 Å². The highest BCUT2D eigenvalue weighted by atomic mass is 35.5. The maximum absolute atomic E-state index is 14.2. The number of piperazine rings is 1. The Morgan fingerprint density at radius 1 is 1.21 bits per heavy atom. The number of nitriles is 1. The molecule has 2 aliphatic heterocycles. The molecule has 2 N–H and O–H groups in total. The number of urea groups is 1. The summed E-state index contributed by atoms with van der Waals surface area (Å²) in [4.78, 5) is 34.5. The predicted molar refractivity (Wildman–Crippen MR) is 141 cm³/mol. The van der Waals surface area contributed by atoms with Gasteiger partial charge in [-0.2, -0.15) is 10.4 Å². The Morgan fingerprint density at radius 3 is 2.66 bits per heavy atom. The molecule has 3 amide bonds. The van der Waals surface area contributed by atoms with Gasteiger partial charge in [-0.05, 0) is 55.8 Å². The molecule has 2 atom stereocenters. The number of H-pyrrole nitrogens is 1. The summed E-state index contributed by atoms with van der Waals surface area (Å²) in [5, 5.41) is 20.0. The van der Waals surface area contributed by atoms with E-state index < -0.39 is 12.1 Å². The minimum Gasteiger partial charge on any atom is -0.490 e. The fourth-order valence-electron chi connectivity index (χ4n) is 4.69. The molecule has 1 saturated heterocycles. The van der Waals surface area contributed by atoms with Gasteiger partial charge in [-0.3, -0.25) is 19.8 Å². The van der Waals surface area contributed by atoms with E-state index in [0.717, 1.165) is 5.56 Å². The summed E-state index contributed by atoms with van der Waals surface area (Å²) in [6.07, 6.45) is 1.44. The summed E-state index contributed by atoms with van der Waals surface area (Å²) in [7, 11) is 0. The van der Waals surface area contributed by atoms with Crippen molar-refractivity contribution in [3.8, 4) is 11.8 Å². The molecule has 0 radical (unpaired) electrons. The van der Waals surface area contributed by atoms with Crippen LogP contribution in [0.2, 0.25) is 5.02 Å². The Morgan fingerprint density at radius 2 is 2.00 bits per heavy atom. The summed E-state index contributed by atoms with van der Waals surface area (Å²) in [6, 6.07) is 14.9. The Bertz CT molecular complexity index is 1410. The van der Waals surface area contributed by atoms with Gasteiger partial charge in [0.25, 0.3) is 0 Å². The second-order valence-electron chi connectivity index (χ2n) is 9.32. The van der Waals surface area contributed by atoms with E-state index in [9.17, 15) is 14.9 Å². The average Bonchev–Trinajstić information content (AvgIpc) is 3.56. The summed E-state index contributed by atoms with van der Waals surface area (Å²) in [5.74, 6) is 0.588. The van der Waals surface area contributed by atoms with E-state index in [-0.39, 0.29) is 24.6 Å². The number of amidine groups is 1. The Hall–Kier alpha value is -4.36. The van der Waals surface area contributed by atoms with Crippen LogP contribution in [-0.4, -0.2) is 63.5 Å². The molecule has 2 unspecified atom stereocenters. The van der Waals surface area contributed by atoms with Crippen molar-refractivity contribution in [3.05, 3.63) is 82.1 Å². The number of aromatic amines is 1. The number of halogens is 1. The van der Waals surface area contributed by atoms with Crippen LogP contribution < -0.4 is 10.1 Å². The van der Waals surface area contributed by atoms with Gasteiger partial charge in [0, 0.05) is 24.3 Å². The molecule has 38 heavy (non-hydrogen) atoms. The number of benzene rings is 2. The van der Waals surface area contributed by atoms with Crippen molar-refractivity contribution in [2.75, 3.05) is 19.6 Å². The van der Waals surface area contributed by atoms with E-state index in [1.807, 2.05) is 26.0 Å². The lowest BCUT2D eigenvalue weighted by molar-refractivity contribution is -0.123. The van der Waals surface area contributed by atoms with Gasteiger partial charge in [-0.1, -0.05) is 23.7 Å². The first-order valence-corrected chi connectivity index (χ1v) is 12.6. The third kappa shape index (κ3) is 4.93. The van der Waals surface area contributed by atoms with Crippen LogP contribution in [-0.2, 0) is 4.79 Å². The molecular formula is C27H26ClN7O3. The van der Waals surface area contributed by atoms with E-state index in [0.29, 0.717) is 46.5 Å². The minimum absolute atomic E-state index is 0.0629. The van der Waals surface area contributed by atoms with Crippen molar-refractivity contribution in [2.45, 2.75) is 32.0 Å². The molecule has 2 aromatic carbocycles. The number of carbonyl (C=O) groups excluding carboxylic acids is 2. The lowest BCUT2D eigenvalue weighted by atomic mass is 9.97. The second kappa shape index (κ2) is 10.6. The molecule has 10 nitrogen and oxygen atoms in total. The van der Waals surface area contributed by atoms with Gasteiger partial charge in [0.1, 0.15) is 30.2 Å². The first-order chi connectivity index (χ1) is 18.4. The average molecular weight is 532 g/mol. The summed E-state index contributed by atoms with van der Waals surface area (Å²) < 4.78 is 6.09. The van der Waals surface area contributed by atoms with Crippen molar-refractivity contribution in [2.24, 2.45) is 4.99 Å². The van der Waals surface area contributed by atoms with Gasteiger partial charge >= 0.3 is 6.03 Å².